The Morgan fingerprint density at radius 2 is 0.640 bits per heavy atom. The Labute approximate surface area is 293 Å². The number of hydrogen-bond acceptors (Lipinski definition) is 6. The third-order valence-electron chi connectivity index (χ3n) is 8.76. The molecule has 1 aliphatic heterocycles. The summed E-state index contributed by atoms with van der Waals surface area (Å²) in [5, 5.41) is 3.80. The van der Waals surface area contributed by atoms with Crippen molar-refractivity contribution in [2.45, 2.75) is 0 Å². The Morgan fingerprint density at radius 3 is 0.960 bits per heavy atom. The minimum absolute atomic E-state index is 0.241. The maximum Gasteiger partial charge on any atom is 0.171 e. The molecule has 0 spiro atoms. The van der Waals surface area contributed by atoms with Crippen molar-refractivity contribution >= 4 is 46.1 Å². The van der Waals surface area contributed by atoms with Gasteiger partial charge >= 0.3 is 0 Å². The highest BCUT2D eigenvalue weighted by molar-refractivity contribution is 7.86. The molecule has 0 aromatic heterocycles. The minimum atomic E-state index is -3.58. The van der Waals surface area contributed by atoms with Gasteiger partial charge < -0.3 is 28.1 Å². The maximum absolute atomic E-state index is 16.2. The fraction of sp³-hybridized carbons (Fsp3) is 0.143. The molecule has 6 aromatic rings. The number of hydrogen-bond donors (Lipinski definition) is 0. The first-order valence-electron chi connectivity index (χ1n) is 16.7. The van der Waals surface area contributed by atoms with Gasteiger partial charge in [-0.15, -0.1) is 0 Å². The second-order valence-corrected chi connectivity index (χ2v) is 17.2. The molecule has 0 amide bonds. The van der Waals surface area contributed by atoms with Gasteiger partial charge in [0, 0.05) is 43.0 Å². The molecule has 8 heteroatoms. The van der Waals surface area contributed by atoms with Crippen molar-refractivity contribution in [1.29, 1.82) is 0 Å². The molecule has 0 atom stereocenters. The van der Waals surface area contributed by atoms with E-state index in [0.29, 0.717) is 80.9 Å². The summed E-state index contributed by atoms with van der Waals surface area (Å²) in [7, 11) is -7.17. The van der Waals surface area contributed by atoms with Crippen molar-refractivity contribution in [3.8, 4) is 22.6 Å². The van der Waals surface area contributed by atoms with Crippen LogP contribution in [-0.4, -0.2) is 39.6 Å². The van der Waals surface area contributed by atoms with Crippen molar-refractivity contribution in [3.63, 3.8) is 0 Å². The lowest BCUT2D eigenvalue weighted by atomic mass is 10.0. The van der Waals surface area contributed by atoms with Crippen LogP contribution in [0.25, 0.3) is 11.1 Å². The molecule has 0 fully saturated rings. The van der Waals surface area contributed by atoms with Crippen LogP contribution in [0.2, 0.25) is 0 Å². The van der Waals surface area contributed by atoms with Gasteiger partial charge in [-0.05, 0) is 24.3 Å². The van der Waals surface area contributed by atoms with Crippen molar-refractivity contribution in [3.05, 3.63) is 158 Å². The van der Waals surface area contributed by atoms with Gasteiger partial charge in [-0.2, -0.15) is 0 Å². The molecule has 1 aliphatic rings. The van der Waals surface area contributed by atoms with Crippen LogP contribution in [-0.2, 0) is 18.6 Å². The Morgan fingerprint density at radius 1 is 0.340 bits per heavy atom. The van der Waals surface area contributed by atoms with E-state index in [2.05, 4.69) is 0 Å². The predicted molar refractivity (Wildman–Crippen MR) is 203 cm³/mol. The van der Waals surface area contributed by atoms with E-state index in [1.165, 1.54) is 0 Å². The van der Waals surface area contributed by atoms with Crippen molar-refractivity contribution in [2.75, 3.05) is 39.6 Å². The van der Waals surface area contributed by atoms with Crippen LogP contribution in [0.1, 0.15) is 0 Å². The van der Waals surface area contributed by atoms with Crippen molar-refractivity contribution < 1.29 is 28.1 Å². The van der Waals surface area contributed by atoms with Crippen LogP contribution >= 0.6 is 14.3 Å². The normalized spacial score (nSPS) is 14.2. The first-order valence-corrected chi connectivity index (χ1v) is 20.1. The standard InChI is InChI=1S/C42H38O6P2/c43-49(33-15-5-1-6-16-33,34-17-7-2-8-18-34)39-25-13-23-37-41(39)42-38(48-32-30-46-28-27-45-29-31-47-37)24-14-26-40(42)50(44,35-19-9-3-10-20-35)36-21-11-4-12-22-36/h1-26H,27-32H2. The molecule has 1 heterocycles. The van der Waals surface area contributed by atoms with Gasteiger partial charge in [-0.3, -0.25) is 0 Å². The summed E-state index contributed by atoms with van der Waals surface area (Å²) < 4.78 is 57.0. The van der Waals surface area contributed by atoms with Gasteiger partial charge in [0.15, 0.2) is 14.3 Å². The lowest BCUT2D eigenvalue weighted by Crippen LogP contribution is -2.30. The zero-order valence-electron chi connectivity index (χ0n) is 27.6. The summed E-state index contributed by atoms with van der Waals surface area (Å²) >= 11 is 0. The molecule has 0 bridgehead atoms. The molecule has 6 aromatic carbocycles. The van der Waals surface area contributed by atoms with E-state index in [1.54, 1.807) is 0 Å². The molecule has 50 heavy (non-hydrogen) atoms. The van der Waals surface area contributed by atoms with Gasteiger partial charge in [-0.25, -0.2) is 0 Å². The Hall–Kier alpha value is -4.70. The first kappa shape index (κ1) is 33.8. The summed E-state index contributed by atoms with van der Waals surface area (Å²) in [5.74, 6) is 0.993. The monoisotopic (exact) mass is 700 g/mol. The molecular formula is C42H38O6P2. The zero-order valence-corrected chi connectivity index (χ0v) is 29.4. The van der Waals surface area contributed by atoms with E-state index in [9.17, 15) is 0 Å². The highest BCUT2D eigenvalue weighted by Crippen LogP contribution is 2.52. The lowest BCUT2D eigenvalue weighted by Gasteiger charge is -2.29. The predicted octanol–water partition coefficient (Wildman–Crippen LogP) is 6.44. The first-order chi connectivity index (χ1) is 24.6. The number of fused-ring (bicyclic) bond motifs is 3. The van der Waals surface area contributed by atoms with Gasteiger partial charge in [0.25, 0.3) is 0 Å². The SMILES string of the molecule is O=P(c1ccccc1)(c1ccccc1)c1cccc2c1-c1c(cccc1P(=O)(c1ccccc1)c1ccccc1)OCCOCCOCCO2. The van der Waals surface area contributed by atoms with Crippen LogP contribution in [0.4, 0.5) is 0 Å². The summed E-state index contributed by atoms with van der Waals surface area (Å²) in [6.45, 7) is 1.99. The average Bonchev–Trinajstić information content (AvgIpc) is 3.19. The van der Waals surface area contributed by atoms with E-state index in [1.807, 2.05) is 158 Å². The van der Waals surface area contributed by atoms with E-state index < -0.39 is 14.3 Å². The fourth-order valence-electron chi connectivity index (χ4n) is 6.46. The van der Waals surface area contributed by atoms with Gasteiger partial charge in [-0.1, -0.05) is 133 Å². The molecule has 0 saturated carbocycles. The summed E-state index contributed by atoms with van der Waals surface area (Å²) in [5.41, 5.74) is 1.14. The number of ether oxygens (including phenoxy) is 4. The van der Waals surface area contributed by atoms with Gasteiger partial charge in [0.2, 0.25) is 0 Å². The zero-order chi connectivity index (χ0) is 34.2. The highest BCUT2D eigenvalue weighted by Gasteiger charge is 2.39. The van der Waals surface area contributed by atoms with Gasteiger partial charge in [0.05, 0.1) is 26.4 Å². The molecule has 0 aliphatic carbocycles. The largest absolute Gasteiger partial charge is 0.491 e. The smallest absolute Gasteiger partial charge is 0.171 e. The van der Waals surface area contributed by atoms with E-state index >= 15 is 9.13 Å². The van der Waals surface area contributed by atoms with E-state index in [4.69, 9.17) is 18.9 Å². The third-order valence-corrected chi connectivity index (χ3v) is 15.0. The Bertz CT molecular complexity index is 1880. The van der Waals surface area contributed by atoms with E-state index in [-0.39, 0.29) is 13.2 Å². The molecule has 252 valence electrons. The van der Waals surface area contributed by atoms with Crippen LogP contribution in [0.5, 0.6) is 11.5 Å². The molecule has 0 unspecified atom stereocenters. The topological polar surface area (TPSA) is 71.1 Å². The summed E-state index contributed by atoms with van der Waals surface area (Å²) in [6, 6.07) is 49.5. The van der Waals surface area contributed by atoms with Crippen molar-refractivity contribution in [1.82, 2.24) is 0 Å². The summed E-state index contributed by atoms with van der Waals surface area (Å²) in [4.78, 5) is 0. The fourth-order valence-corrected chi connectivity index (χ4v) is 12.2. The molecule has 6 nitrogen and oxygen atoms in total. The highest BCUT2D eigenvalue weighted by atomic mass is 31.2. The lowest BCUT2D eigenvalue weighted by molar-refractivity contribution is 0.0271. The second-order valence-electron chi connectivity index (χ2n) is 11.8. The third kappa shape index (κ3) is 6.61. The summed E-state index contributed by atoms with van der Waals surface area (Å²) in [6.07, 6.45) is 0. The molecule has 0 saturated heterocycles. The quantitative estimate of drug-likeness (QED) is 0.187. The van der Waals surface area contributed by atoms with Crippen LogP contribution in [0.15, 0.2) is 158 Å². The molecule has 0 radical (unpaired) electrons. The van der Waals surface area contributed by atoms with Gasteiger partial charge in [0.1, 0.15) is 24.7 Å². The second kappa shape index (κ2) is 15.5. The molecular weight excluding hydrogens is 662 g/mol. The minimum Gasteiger partial charge on any atom is -0.491 e. The van der Waals surface area contributed by atoms with Crippen LogP contribution in [0.3, 0.4) is 0 Å². The number of rotatable bonds is 6. The van der Waals surface area contributed by atoms with Crippen LogP contribution < -0.4 is 41.3 Å². The van der Waals surface area contributed by atoms with E-state index in [0.717, 1.165) is 0 Å². The number of benzene rings is 6. The van der Waals surface area contributed by atoms with Crippen LogP contribution in [0, 0.1) is 0 Å². The maximum atomic E-state index is 16.2. The Kier molecular flexibility index (Phi) is 10.4. The molecule has 7 rings (SSSR count). The van der Waals surface area contributed by atoms with Crippen molar-refractivity contribution in [2.24, 2.45) is 0 Å². The Balaban J connectivity index is 1.60. The molecule has 0 N–H and O–H groups in total. The average molecular weight is 701 g/mol.